The fourth-order valence-corrected chi connectivity index (χ4v) is 1.18. The molecule has 1 amide bonds. The molecule has 0 aliphatic heterocycles. The summed E-state index contributed by atoms with van der Waals surface area (Å²) in [5, 5.41) is 9.07. The van der Waals surface area contributed by atoms with Crippen LogP contribution in [0.25, 0.3) is 0 Å². The minimum atomic E-state index is -0.347. The molecule has 0 aliphatic carbocycles. The Labute approximate surface area is 86.4 Å². The molecule has 0 aromatic heterocycles. The monoisotopic (exact) mass is 199 g/mol. The van der Waals surface area contributed by atoms with Crippen molar-refractivity contribution in [3.63, 3.8) is 0 Å². The zero-order valence-corrected chi connectivity index (χ0v) is 9.58. The Kier molecular flexibility index (Phi) is 6.21. The van der Waals surface area contributed by atoms with Crippen molar-refractivity contribution in [3.05, 3.63) is 11.6 Å². The van der Waals surface area contributed by atoms with Crippen LogP contribution in [0.4, 0.5) is 0 Å². The highest BCUT2D eigenvalue weighted by molar-refractivity contribution is 5.92. The van der Waals surface area contributed by atoms with Gasteiger partial charge < -0.3 is 10.0 Å². The molecule has 82 valence electrons. The highest BCUT2D eigenvalue weighted by Crippen LogP contribution is 2.02. The number of carbonyl (C=O) groups is 1. The molecule has 1 atom stereocenters. The van der Waals surface area contributed by atoms with Crippen molar-refractivity contribution in [3.8, 4) is 0 Å². The van der Waals surface area contributed by atoms with E-state index in [0.717, 1.165) is 12.0 Å². The Hall–Kier alpha value is -0.830. The Bertz CT molecular complexity index is 209. The summed E-state index contributed by atoms with van der Waals surface area (Å²) >= 11 is 0. The summed E-state index contributed by atoms with van der Waals surface area (Å²) in [5.41, 5.74) is 0.778. The van der Waals surface area contributed by atoms with Crippen molar-refractivity contribution >= 4 is 5.91 Å². The number of hydrogen-bond acceptors (Lipinski definition) is 2. The van der Waals surface area contributed by atoms with E-state index >= 15 is 0 Å². The first-order chi connectivity index (χ1) is 6.49. The molecule has 0 rings (SSSR count). The van der Waals surface area contributed by atoms with E-state index in [0.29, 0.717) is 13.0 Å². The predicted molar refractivity (Wildman–Crippen MR) is 58.0 cm³/mol. The predicted octanol–water partition coefficient (Wildman–Crippen LogP) is 1.57. The summed E-state index contributed by atoms with van der Waals surface area (Å²) in [7, 11) is 1.76. The van der Waals surface area contributed by atoms with Gasteiger partial charge in [0.1, 0.15) is 0 Å². The Balaban J connectivity index is 4.05. The van der Waals surface area contributed by atoms with Crippen molar-refractivity contribution < 1.29 is 9.90 Å². The number of hydrogen-bond donors (Lipinski definition) is 1. The zero-order chi connectivity index (χ0) is 11.1. The molecular formula is C11H21NO2. The van der Waals surface area contributed by atoms with Gasteiger partial charge in [-0.05, 0) is 26.7 Å². The average Bonchev–Trinajstić information content (AvgIpc) is 2.13. The van der Waals surface area contributed by atoms with Crippen LogP contribution < -0.4 is 0 Å². The number of rotatable bonds is 5. The number of amides is 1. The molecule has 0 spiro atoms. The standard InChI is InChI=1S/C11H21NO2/c1-5-6-9(2)11(14)12(4)8-7-10(3)13/h6,10,13H,5,7-8H2,1-4H3/b9-6-. The summed E-state index contributed by atoms with van der Waals surface area (Å²) in [6, 6.07) is 0. The topological polar surface area (TPSA) is 40.5 Å². The molecule has 3 nitrogen and oxygen atoms in total. The minimum Gasteiger partial charge on any atom is -0.393 e. The van der Waals surface area contributed by atoms with Gasteiger partial charge in [0.2, 0.25) is 5.91 Å². The fraction of sp³-hybridized carbons (Fsp3) is 0.727. The van der Waals surface area contributed by atoms with E-state index in [-0.39, 0.29) is 12.0 Å². The van der Waals surface area contributed by atoms with Crippen LogP contribution in [-0.4, -0.2) is 35.6 Å². The van der Waals surface area contributed by atoms with Crippen LogP contribution in [0.1, 0.15) is 33.6 Å². The van der Waals surface area contributed by atoms with Gasteiger partial charge in [-0.2, -0.15) is 0 Å². The van der Waals surface area contributed by atoms with E-state index in [4.69, 9.17) is 5.11 Å². The molecule has 0 saturated carbocycles. The molecule has 1 N–H and O–H groups in total. The smallest absolute Gasteiger partial charge is 0.248 e. The summed E-state index contributed by atoms with van der Waals surface area (Å²) in [4.78, 5) is 13.3. The van der Waals surface area contributed by atoms with Crippen molar-refractivity contribution in [1.82, 2.24) is 4.90 Å². The molecule has 0 saturated heterocycles. The second-order valence-electron chi connectivity index (χ2n) is 3.66. The molecular weight excluding hydrogens is 178 g/mol. The summed E-state index contributed by atoms with van der Waals surface area (Å²) in [6.45, 7) is 6.16. The van der Waals surface area contributed by atoms with Gasteiger partial charge in [-0.3, -0.25) is 4.79 Å². The molecule has 0 radical (unpaired) electrons. The van der Waals surface area contributed by atoms with E-state index in [2.05, 4.69) is 0 Å². The maximum Gasteiger partial charge on any atom is 0.248 e. The van der Waals surface area contributed by atoms with Crippen LogP contribution in [0.15, 0.2) is 11.6 Å². The van der Waals surface area contributed by atoms with Crippen molar-refractivity contribution in [1.29, 1.82) is 0 Å². The second-order valence-corrected chi connectivity index (χ2v) is 3.66. The number of likely N-dealkylation sites (N-methyl/N-ethyl adjacent to an activating group) is 1. The van der Waals surface area contributed by atoms with E-state index in [1.54, 1.807) is 18.9 Å². The number of aliphatic hydroxyl groups is 1. The van der Waals surface area contributed by atoms with Gasteiger partial charge in [-0.25, -0.2) is 0 Å². The lowest BCUT2D eigenvalue weighted by atomic mass is 10.2. The third-order valence-electron chi connectivity index (χ3n) is 2.08. The van der Waals surface area contributed by atoms with Crippen LogP contribution in [0.2, 0.25) is 0 Å². The molecule has 14 heavy (non-hydrogen) atoms. The number of nitrogens with zero attached hydrogens (tertiary/aromatic N) is 1. The summed E-state index contributed by atoms with van der Waals surface area (Å²) in [5.74, 6) is 0.0486. The molecule has 0 aliphatic rings. The first-order valence-electron chi connectivity index (χ1n) is 5.09. The second kappa shape index (κ2) is 6.60. The van der Waals surface area contributed by atoms with Crippen molar-refractivity contribution in [2.75, 3.05) is 13.6 Å². The number of allylic oxidation sites excluding steroid dienone is 1. The van der Waals surface area contributed by atoms with Crippen LogP contribution in [0.5, 0.6) is 0 Å². The Morgan fingerprint density at radius 2 is 2.14 bits per heavy atom. The van der Waals surface area contributed by atoms with E-state index in [9.17, 15) is 4.79 Å². The van der Waals surface area contributed by atoms with Gasteiger partial charge in [0.05, 0.1) is 6.10 Å². The van der Waals surface area contributed by atoms with E-state index < -0.39 is 0 Å². The zero-order valence-electron chi connectivity index (χ0n) is 9.58. The van der Waals surface area contributed by atoms with E-state index in [1.165, 1.54) is 0 Å². The van der Waals surface area contributed by atoms with Crippen molar-refractivity contribution in [2.24, 2.45) is 0 Å². The molecule has 3 heteroatoms. The normalized spacial score (nSPS) is 13.9. The molecule has 0 aromatic rings. The summed E-state index contributed by atoms with van der Waals surface area (Å²) < 4.78 is 0. The maximum absolute atomic E-state index is 11.6. The lowest BCUT2D eigenvalue weighted by molar-refractivity contribution is -0.126. The van der Waals surface area contributed by atoms with E-state index in [1.807, 2.05) is 19.9 Å². The van der Waals surface area contributed by atoms with Crippen molar-refractivity contribution in [2.45, 2.75) is 39.7 Å². The largest absolute Gasteiger partial charge is 0.393 e. The lowest BCUT2D eigenvalue weighted by Gasteiger charge is -2.18. The first kappa shape index (κ1) is 13.2. The molecule has 0 heterocycles. The van der Waals surface area contributed by atoms with Gasteiger partial charge in [0.25, 0.3) is 0 Å². The fourth-order valence-electron chi connectivity index (χ4n) is 1.18. The maximum atomic E-state index is 11.6. The molecule has 0 aromatic carbocycles. The SMILES string of the molecule is CC/C=C(/C)C(=O)N(C)CCC(C)O. The minimum absolute atomic E-state index is 0.0486. The van der Waals surface area contributed by atoms with Gasteiger partial charge in [-0.1, -0.05) is 13.0 Å². The highest BCUT2D eigenvalue weighted by Gasteiger charge is 2.10. The number of carbonyl (C=O) groups excluding carboxylic acids is 1. The average molecular weight is 199 g/mol. The molecule has 1 unspecified atom stereocenters. The summed E-state index contributed by atoms with van der Waals surface area (Å²) in [6.07, 6.45) is 3.07. The van der Waals surface area contributed by atoms with Crippen LogP contribution >= 0.6 is 0 Å². The Morgan fingerprint density at radius 1 is 1.57 bits per heavy atom. The molecule has 0 fully saturated rings. The molecule has 0 bridgehead atoms. The third kappa shape index (κ3) is 5.02. The number of aliphatic hydroxyl groups excluding tert-OH is 1. The van der Waals surface area contributed by atoms with Crippen LogP contribution in [-0.2, 0) is 4.79 Å². The van der Waals surface area contributed by atoms with Gasteiger partial charge >= 0.3 is 0 Å². The first-order valence-corrected chi connectivity index (χ1v) is 5.09. The van der Waals surface area contributed by atoms with Crippen LogP contribution in [0.3, 0.4) is 0 Å². The van der Waals surface area contributed by atoms with Crippen LogP contribution in [0, 0.1) is 0 Å². The lowest BCUT2D eigenvalue weighted by Crippen LogP contribution is -2.29. The highest BCUT2D eigenvalue weighted by atomic mass is 16.3. The Morgan fingerprint density at radius 3 is 2.57 bits per heavy atom. The quantitative estimate of drug-likeness (QED) is 0.683. The third-order valence-corrected chi connectivity index (χ3v) is 2.08. The van der Waals surface area contributed by atoms with Gasteiger partial charge in [0.15, 0.2) is 0 Å². The van der Waals surface area contributed by atoms with Gasteiger partial charge in [0, 0.05) is 19.2 Å². The van der Waals surface area contributed by atoms with Gasteiger partial charge in [-0.15, -0.1) is 0 Å².